The lowest BCUT2D eigenvalue weighted by Gasteiger charge is -2.07. The van der Waals surface area contributed by atoms with Crippen molar-refractivity contribution in [2.75, 3.05) is 19.8 Å². The standard InChI is InChI=1S/C18H36N2O2/c1-2-3-4-8-11-14-18(22)20-17-19-15-12-9-6-5-7-10-13-16-21/h2-3,19,21H,4-17H2,1H3,(H,20,22)/b3-2+. The number of amides is 1. The number of carbonyl (C=O) groups is 1. The molecule has 4 heteroatoms. The van der Waals surface area contributed by atoms with Crippen molar-refractivity contribution in [3.63, 3.8) is 0 Å². The molecule has 0 bridgehead atoms. The zero-order chi connectivity index (χ0) is 16.3. The van der Waals surface area contributed by atoms with E-state index in [0.717, 1.165) is 38.6 Å². The van der Waals surface area contributed by atoms with Crippen molar-refractivity contribution in [3.8, 4) is 0 Å². The van der Waals surface area contributed by atoms with Gasteiger partial charge >= 0.3 is 0 Å². The molecule has 0 rings (SSSR count). The first-order valence-corrected chi connectivity index (χ1v) is 9.00. The van der Waals surface area contributed by atoms with Gasteiger partial charge in [-0.25, -0.2) is 0 Å². The Labute approximate surface area is 136 Å². The van der Waals surface area contributed by atoms with E-state index in [-0.39, 0.29) is 5.91 Å². The van der Waals surface area contributed by atoms with E-state index < -0.39 is 0 Å². The fraction of sp³-hybridized carbons (Fsp3) is 0.833. The first-order chi connectivity index (χ1) is 10.8. The van der Waals surface area contributed by atoms with Crippen molar-refractivity contribution in [1.82, 2.24) is 10.6 Å². The predicted octanol–water partition coefficient (Wildman–Crippen LogP) is 3.51. The summed E-state index contributed by atoms with van der Waals surface area (Å²) in [5.41, 5.74) is 0. The Bertz CT molecular complexity index is 268. The molecule has 0 spiro atoms. The average Bonchev–Trinajstić information content (AvgIpc) is 2.52. The van der Waals surface area contributed by atoms with Gasteiger partial charge in [-0.15, -0.1) is 0 Å². The Hall–Kier alpha value is -0.870. The minimum absolute atomic E-state index is 0.150. The Balaban J connectivity index is 3.13. The molecule has 0 aromatic heterocycles. The zero-order valence-corrected chi connectivity index (χ0v) is 14.4. The van der Waals surface area contributed by atoms with Crippen LogP contribution in [0.5, 0.6) is 0 Å². The molecule has 0 heterocycles. The summed E-state index contributed by atoms with van der Waals surface area (Å²) in [6, 6.07) is 0. The maximum Gasteiger partial charge on any atom is 0.220 e. The molecule has 0 fully saturated rings. The lowest BCUT2D eigenvalue weighted by Crippen LogP contribution is -2.34. The Kier molecular flexibility index (Phi) is 17.5. The first-order valence-electron chi connectivity index (χ1n) is 9.00. The van der Waals surface area contributed by atoms with E-state index in [0.29, 0.717) is 19.7 Å². The molecular weight excluding hydrogens is 276 g/mol. The number of hydrogen-bond acceptors (Lipinski definition) is 3. The number of allylic oxidation sites excluding steroid dienone is 2. The summed E-state index contributed by atoms with van der Waals surface area (Å²) in [6.07, 6.45) is 16.2. The van der Waals surface area contributed by atoms with Crippen LogP contribution >= 0.6 is 0 Å². The van der Waals surface area contributed by atoms with E-state index in [1.165, 1.54) is 32.1 Å². The van der Waals surface area contributed by atoms with E-state index in [1.54, 1.807) is 0 Å². The Morgan fingerprint density at radius 2 is 1.64 bits per heavy atom. The topological polar surface area (TPSA) is 61.4 Å². The van der Waals surface area contributed by atoms with Crippen molar-refractivity contribution in [3.05, 3.63) is 12.2 Å². The maximum atomic E-state index is 11.5. The van der Waals surface area contributed by atoms with E-state index in [9.17, 15) is 4.79 Å². The molecule has 0 saturated heterocycles. The average molecular weight is 312 g/mol. The van der Waals surface area contributed by atoms with E-state index in [2.05, 4.69) is 22.8 Å². The molecule has 0 aliphatic carbocycles. The molecule has 0 radical (unpaired) electrons. The zero-order valence-electron chi connectivity index (χ0n) is 14.4. The number of aliphatic hydroxyl groups is 1. The highest BCUT2D eigenvalue weighted by Crippen LogP contribution is 2.06. The maximum absolute atomic E-state index is 11.5. The van der Waals surface area contributed by atoms with Gasteiger partial charge in [0.2, 0.25) is 5.91 Å². The molecule has 0 aliphatic rings. The summed E-state index contributed by atoms with van der Waals surface area (Å²) >= 11 is 0. The third-order valence-electron chi connectivity index (χ3n) is 3.68. The second-order valence-corrected chi connectivity index (χ2v) is 5.79. The molecule has 0 saturated carbocycles. The largest absolute Gasteiger partial charge is 0.396 e. The van der Waals surface area contributed by atoms with Crippen LogP contribution in [0.15, 0.2) is 12.2 Å². The summed E-state index contributed by atoms with van der Waals surface area (Å²) in [5.74, 6) is 0.150. The SMILES string of the molecule is C/C=C/CCCCC(=O)NCNCCCCCCCCCO. The smallest absolute Gasteiger partial charge is 0.220 e. The lowest BCUT2D eigenvalue weighted by molar-refractivity contribution is -0.121. The highest BCUT2D eigenvalue weighted by atomic mass is 16.2. The van der Waals surface area contributed by atoms with Crippen LogP contribution in [0.4, 0.5) is 0 Å². The Morgan fingerprint density at radius 1 is 0.955 bits per heavy atom. The van der Waals surface area contributed by atoms with Crippen LogP contribution in [0.25, 0.3) is 0 Å². The van der Waals surface area contributed by atoms with Gasteiger partial charge < -0.3 is 10.4 Å². The third-order valence-corrected chi connectivity index (χ3v) is 3.68. The van der Waals surface area contributed by atoms with Crippen molar-refractivity contribution in [2.45, 2.75) is 77.6 Å². The van der Waals surface area contributed by atoms with Gasteiger partial charge in [-0.05, 0) is 45.6 Å². The van der Waals surface area contributed by atoms with Crippen molar-refractivity contribution in [1.29, 1.82) is 0 Å². The molecule has 0 aliphatic heterocycles. The van der Waals surface area contributed by atoms with Gasteiger partial charge in [-0.1, -0.05) is 44.3 Å². The molecule has 130 valence electrons. The van der Waals surface area contributed by atoms with Crippen molar-refractivity contribution >= 4 is 5.91 Å². The first kappa shape index (κ1) is 21.1. The minimum atomic E-state index is 0.150. The fourth-order valence-corrected chi connectivity index (χ4v) is 2.30. The van der Waals surface area contributed by atoms with Gasteiger partial charge in [0, 0.05) is 13.0 Å². The Morgan fingerprint density at radius 3 is 2.32 bits per heavy atom. The molecule has 0 aromatic rings. The van der Waals surface area contributed by atoms with Gasteiger partial charge in [0.15, 0.2) is 0 Å². The van der Waals surface area contributed by atoms with E-state index >= 15 is 0 Å². The second kappa shape index (κ2) is 18.2. The molecule has 3 N–H and O–H groups in total. The molecule has 0 atom stereocenters. The van der Waals surface area contributed by atoms with E-state index in [1.807, 2.05) is 6.92 Å². The minimum Gasteiger partial charge on any atom is -0.396 e. The quantitative estimate of drug-likeness (QED) is 0.232. The molecule has 0 aromatic carbocycles. The van der Waals surface area contributed by atoms with Gasteiger partial charge in [-0.2, -0.15) is 0 Å². The van der Waals surface area contributed by atoms with Crippen LogP contribution in [0, 0.1) is 0 Å². The summed E-state index contributed by atoms with van der Waals surface area (Å²) < 4.78 is 0. The molecular formula is C18H36N2O2. The van der Waals surface area contributed by atoms with E-state index in [4.69, 9.17) is 5.11 Å². The summed E-state index contributed by atoms with van der Waals surface area (Å²) in [4.78, 5) is 11.5. The van der Waals surface area contributed by atoms with Crippen LogP contribution in [0.3, 0.4) is 0 Å². The normalized spacial score (nSPS) is 11.2. The number of nitrogens with one attached hydrogen (secondary N) is 2. The third kappa shape index (κ3) is 17.2. The molecule has 0 unspecified atom stereocenters. The molecule has 1 amide bonds. The van der Waals surface area contributed by atoms with Crippen molar-refractivity contribution in [2.24, 2.45) is 0 Å². The number of unbranched alkanes of at least 4 members (excludes halogenated alkanes) is 8. The predicted molar refractivity (Wildman–Crippen MR) is 93.7 cm³/mol. The van der Waals surface area contributed by atoms with Gasteiger partial charge in [0.05, 0.1) is 6.67 Å². The summed E-state index contributed by atoms with van der Waals surface area (Å²) in [6.45, 7) is 3.91. The van der Waals surface area contributed by atoms with Crippen LogP contribution in [-0.4, -0.2) is 30.8 Å². The monoisotopic (exact) mass is 312 g/mol. The van der Waals surface area contributed by atoms with Crippen LogP contribution < -0.4 is 10.6 Å². The number of aliphatic hydroxyl groups excluding tert-OH is 1. The van der Waals surface area contributed by atoms with Gasteiger partial charge in [0.1, 0.15) is 0 Å². The number of hydrogen-bond donors (Lipinski definition) is 3. The van der Waals surface area contributed by atoms with Crippen molar-refractivity contribution < 1.29 is 9.90 Å². The van der Waals surface area contributed by atoms with Crippen LogP contribution in [0.2, 0.25) is 0 Å². The second-order valence-electron chi connectivity index (χ2n) is 5.79. The summed E-state index contributed by atoms with van der Waals surface area (Å²) in [5, 5.41) is 14.8. The fourth-order valence-electron chi connectivity index (χ4n) is 2.30. The summed E-state index contributed by atoms with van der Waals surface area (Å²) in [7, 11) is 0. The lowest BCUT2D eigenvalue weighted by atomic mass is 10.1. The number of rotatable bonds is 16. The van der Waals surface area contributed by atoms with Crippen LogP contribution in [0.1, 0.15) is 77.6 Å². The van der Waals surface area contributed by atoms with Crippen LogP contribution in [-0.2, 0) is 4.79 Å². The molecule has 4 nitrogen and oxygen atoms in total. The highest BCUT2D eigenvalue weighted by Gasteiger charge is 1.99. The van der Waals surface area contributed by atoms with Gasteiger partial charge in [0.25, 0.3) is 0 Å². The highest BCUT2D eigenvalue weighted by molar-refractivity contribution is 5.75. The van der Waals surface area contributed by atoms with Gasteiger partial charge in [-0.3, -0.25) is 10.1 Å². The number of carbonyl (C=O) groups excluding carboxylic acids is 1. The molecule has 22 heavy (non-hydrogen) atoms.